The molecule has 0 aliphatic heterocycles. The van der Waals surface area contributed by atoms with Crippen LogP contribution in [-0.4, -0.2) is 11.6 Å². The van der Waals surface area contributed by atoms with Crippen molar-refractivity contribution in [2.45, 2.75) is 78.1 Å². The van der Waals surface area contributed by atoms with Gasteiger partial charge in [0.2, 0.25) is 0 Å². The van der Waals surface area contributed by atoms with E-state index < -0.39 is 0 Å². The van der Waals surface area contributed by atoms with Crippen LogP contribution in [0.2, 0.25) is 0 Å². The van der Waals surface area contributed by atoms with E-state index in [9.17, 15) is 9.59 Å². The zero-order valence-corrected chi connectivity index (χ0v) is 12.0. The van der Waals surface area contributed by atoms with E-state index in [4.69, 9.17) is 0 Å². The van der Waals surface area contributed by atoms with Crippen LogP contribution in [0.3, 0.4) is 0 Å². The summed E-state index contributed by atoms with van der Waals surface area (Å²) in [7, 11) is 0. The maximum absolute atomic E-state index is 10.7. The minimum Gasteiger partial charge on any atom is -0.300 e. The molecule has 0 fully saturated rings. The lowest BCUT2D eigenvalue weighted by Gasteiger charge is -1.97. The van der Waals surface area contributed by atoms with Gasteiger partial charge in [-0.15, -0.1) is 0 Å². The molecule has 0 bridgehead atoms. The monoisotopic (exact) mass is 252 g/mol. The second-order valence-electron chi connectivity index (χ2n) is 5.07. The molecule has 0 aromatic carbocycles. The van der Waals surface area contributed by atoms with Gasteiger partial charge >= 0.3 is 0 Å². The third-order valence-corrected chi connectivity index (χ3v) is 2.97. The van der Waals surface area contributed by atoms with E-state index in [1.807, 2.05) is 0 Å². The fraction of sp³-hybridized carbons (Fsp3) is 0.750. The number of hydrogen-bond acceptors (Lipinski definition) is 2. The highest BCUT2D eigenvalue weighted by molar-refractivity contribution is 5.75. The second kappa shape index (κ2) is 12.5. The molecule has 104 valence electrons. The molecule has 0 heterocycles. The summed E-state index contributed by atoms with van der Waals surface area (Å²) < 4.78 is 0. The van der Waals surface area contributed by atoms with E-state index in [1.165, 1.54) is 12.8 Å². The summed E-state index contributed by atoms with van der Waals surface area (Å²) in [5.41, 5.74) is 0. The first-order valence-electron chi connectivity index (χ1n) is 7.27. The lowest BCUT2D eigenvalue weighted by Crippen LogP contribution is -1.89. The van der Waals surface area contributed by atoms with Gasteiger partial charge in [0.1, 0.15) is 11.6 Å². The van der Waals surface area contributed by atoms with Crippen LogP contribution in [0.5, 0.6) is 0 Å². The Kier molecular flexibility index (Phi) is 11.9. The maximum Gasteiger partial charge on any atom is 0.129 e. The van der Waals surface area contributed by atoms with E-state index in [-0.39, 0.29) is 0 Å². The number of hydrogen-bond donors (Lipinski definition) is 0. The largest absolute Gasteiger partial charge is 0.300 e. The molecule has 0 unspecified atom stereocenters. The third kappa shape index (κ3) is 15.1. The smallest absolute Gasteiger partial charge is 0.129 e. The molecule has 2 nitrogen and oxygen atoms in total. The van der Waals surface area contributed by atoms with Gasteiger partial charge in [-0.3, -0.25) is 0 Å². The van der Waals surface area contributed by atoms with Crippen LogP contribution in [0, 0.1) is 0 Å². The van der Waals surface area contributed by atoms with Gasteiger partial charge in [-0.2, -0.15) is 0 Å². The number of carbonyl (C=O) groups excluding carboxylic acids is 2. The van der Waals surface area contributed by atoms with Crippen LogP contribution < -0.4 is 0 Å². The zero-order valence-electron chi connectivity index (χ0n) is 12.0. The number of rotatable bonds is 12. The summed E-state index contributed by atoms with van der Waals surface area (Å²) >= 11 is 0. The van der Waals surface area contributed by atoms with Crippen molar-refractivity contribution in [3.63, 3.8) is 0 Å². The molecule has 0 saturated heterocycles. The van der Waals surface area contributed by atoms with Crippen molar-refractivity contribution < 1.29 is 9.59 Å². The van der Waals surface area contributed by atoms with Crippen molar-refractivity contribution in [3.8, 4) is 0 Å². The van der Waals surface area contributed by atoms with Gasteiger partial charge in [-0.05, 0) is 52.4 Å². The zero-order chi connectivity index (χ0) is 13.6. The van der Waals surface area contributed by atoms with E-state index in [2.05, 4.69) is 12.2 Å². The van der Waals surface area contributed by atoms with Crippen LogP contribution in [0.1, 0.15) is 78.1 Å². The molecule has 0 aliphatic carbocycles. The summed E-state index contributed by atoms with van der Waals surface area (Å²) in [6.07, 6.45) is 15.0. The first kappa shape index (κ1) is 17.1. The van der Waals surface area contributed by atoms with Crippen molar-refractivity contribution >= 4 is 11.6 Å². The van der Waals surface area contributed by atoms with Crippen molar-refractivity contribution in [2.75, 3.05) is 0 Å². The van der Waals surface area contributed by atoms with Crippen molar-refractivity contribution in [3.05, 3.63) is 12.2 Å². The Morgan fingerprint density at radius 2 is 1.06 bits per heavy atom. The van der Waals surface area contributed by atoms with Gasteiger partial charge < -0.3 is 9.59 Å². The molecule has 0 atom stereocenters. The summed E-state index contributed by atoms with van der Waals surface area (Å²) in [6, 6.07) is 0. The normalized spacial score (nSPS) is 11.0. The topological polar surface area (TPSA) is 34.1 Å². The van der Waals surface area contributed by atoms with Crippen LogP contribution in [-0.2, 0) is 9.59 Å². The highest BCUT2D eigenvalue weighted by Gasteiger charge is 1.93. The quantitative estimate of drug-likeness (QED) is 0.375. The minimum atomic E-state index is 0.302. The van der Waals surface area contributed by atoms with Crippen LogP contribution >= 0.6 is 0 Å². The van der Waals surface area contributed by atoms with Crippen molar-refractivity contribution in [1.82, 2.24) is 0 Å². The highest BCUT2D eigenvalue weighted by atomic mass is 16.1. The Morgan fingerprint density at radius 3 is 1.39 bits per heavy atom. The Hall–Kier alpha value is -0.920. The fourth-order valence-electron chi connectivity index (χ4n) is 1.86. The second-order valence-corrected chi connectivity index (χ2v) is 5.07. The highest BCUT2D eigenvalue weighted by Crippen LogP contribution is 2.07. The van der Waals surface area contributed by atoms with E-state index in [1.54, 1.807) is 13.8 Å². The molecule has 0 N–H and O–H groups in total. The molecule has 0 radical (unpaired) electrons. The molecular weight excluding hydrogens is 224 g/mol. The number of ketones is 2. The molecule has 18 heavy (non-hydrogen) atoms. The number of Topliss-reactive ketones (excluding diaryl/α,β-unsaturated/α-hetero) is 2. The van der Waals surface area contributed by atoms with Gasteiger partial charge in [-0.1, -0.05) is 25.0 Å². The SMILES string of the molecule is CC(=O)CCCCCC=CCCCCCC(C)=O. The Labute approximate surface area is 112 Å². The molecule has 0 amide bonds. The molecule has 0 spiro atoms. The summed E-state index contributed by atoms with van der Waals surface area (Å²) in [6.45, 7) is 3.32. The third-order valence-electron chi connectivity index (χ3n) is 2.97. The number of carbonyl (C=O) groups is 2. The van der Waals surface area contributed by atoms with Crippen LogP contribution in [0.15, 0.2) is 12.2 Å². The predicted molar refractivity (Wildman–Crippen MR) is 76.7 cm³/mol. The summed E-state index contributed by atoms with van der Waals surface area (Å²) in [5, 5.41) is 0. The van der Waals surface area contributed by atoms with E-state index in [0.717, 1.165) is 51.4 Å². The fourth-order valence-corrected chi connectivity index (χ4v) is 1.86. The Bertz CT molecular complexity index is 228. The molecule has 0 saturated carbocycles. The molecule has 0 aliphatic rings. The van der Waals surface area contributed by atoms with Gasteiger partial charge in [0.05, 0.1) is 0 Å². The average Bonchev–Trinajstić information content (AvgIpc) is 2.29. The van der Waals surface area contributed by atoms with Crippen LogP contribution in [0.25, 0.3) is 0 Å². The minimum absolute atomic E-state index is 0.302. The summed E-state index contributed by atoms with van der Waals surface area (Å²) in [4.78, 5) is 21.4. The molecular formula is C16H28O2. The molecule has 0 aromatic rings. The number of unbranched alkanes of at least 4 members (excludes halogenated alkanes) is 6. The predicted octanol–water partition coefficient (Wildman–Crippen LogP) is 4.62. The van der Waals surface area contributed by atoms with Gasteiger partial charge in [0.15, 0.2) is 0 Å². The van der Waals surface area contributed by atoms with Gasteiger partial charge in [-0.25, -0.2) is 0 Å². The standard InChI is InChI=1S/C16H28O2/c1-15(17)13-11-9-7-5-3-4-6-8-10-12-14-16(2)18/h3-4H,5-14H2,1-2H3. The Balaban J connectivity index is 3.14. The van der Waals surface area contributed by atoms with Gasteiger partial charge in [0, 0.05) is 12.8 Å². The van der Waals surface area contributed by atoms with E-state index >= 15 is 0 Å². The lowest BCUT2D eigenvalue weighted by molar-refractivity contribution is -0.117. The molecule has 0 aromatic heterocycles. The van der Waals surface area contributed by atoms with Crippen molar-refractivity contribution in [1.29, 1.82) is 0 Å². The van der Waals surface area contributed by atoms with Crippen LogP contribution in [0.4, 0.5) is 0 Å². The average molecular weight is 252 g/mol. The first-order chi connectivity index (χ1) is 8.63. The lowest BCUT2D eigenvalue weighted by atomic mass is 10.1. The summed E-state index contributed by atoms with van der Waals surface area (Å²) in [5.74, 6) is 0.604. The van der Waals surface area contributed by atoms with Crippen molar-refractivity contribution in [2.24, 2.45) is 0 Å². The number of allylic oxidation sites excluding steroid dienone is 2. The maximum atomic E-state index is 10.7. The van der Waals surface area contributed by atoms with Gasteiger partial charge in [0.25, 0.3) is 0 Å². The molecule has 2 heteroatoms. The Morgan fingerprint density at radius 1 is 0.667 bits per heavy atom. The first-order valence-corrected chi connectivity index (χ1v) is 7.27. The van der Waals surface area contributed by atoms with E-state index in [0.29, 0.717) is 11.6 Å². The molecule has 0 rings (SSSR count).